The topological polar surface area (TPSA) is 32.8 Å². The smallest absolute Gasteiger partial charge is 0.222 e. The lowest BCUT2D eigenvalue weighted by Gasteiger charge is -2.39. The minimum absolute atomic E-state index is 0.237. The van der Waals surface area contributed by atoms with Crippen molar-refractivity contribution >= 4 is 5.91 Å². The van der Waals surface area contributed by atoms with Gasteiger partial charge in [-0.1, -0.05) is 19.1 Å². The number of ether oxygens (including phenoxy) is 1. The zero-order valence-electron chi connectivity index (χ0n) is 11.9. The van der Waals surface area contributed by atoms with Crippen LogP contribution >= 0.6 is 0 Å². The predicted octanol–water partition coefficient (Wildman–Crippen LogP) is 1.92. The van der Waals surface area contributed by atoms with E-state index in [1.807, 2.05) is 24.0 Å². The summed E-state index contributed by atoms with van der Waals surface area (Å²) < 4.78 is 5.28. The second-order valence-corrected chi connectivity index (χ2v) is 4.97. The van der Waals surface area contributed by atoms with E-state index in [-0.39, 0.29) is 11.9 Å². The van der Waals surface area contributed by atoms with Crippen molar-refractivity contribution in [3.8, 4) is 5.75 Å². The molecule has 104 valence electrons. The van der Waals surface area contributed by atoms with Gasteiger partial charge in [-0.25, -0.2) is 0 Å². The fourth-order valence-electron chi connectivity index (χ4n) is 2.53. The van der Waals surface area contributed by atoms with Crippen molar-refractivity contribution in [1.29, 1.82) is 0 Å². The van der Waals surface area contributed by atoms with Crippen LogP contribution in [0.2, 0.25) is 0 Å². The largest absolute Gasteiger partial charge is 0.497 e. The molecule has 1 amide bonds. The Kier molecular flexibility index (Phi) is 4.43. The number of amides is 1. The molecule has 1 aromatic carbocycles. The third-order valence-corrected chi connectivity index (χ3v) is 3.78. The molecule has 19 heavy (non-hydrogen) atoms. The minimum atomic E-state index is 0.237. The van der Waals surface area contributed by atoms with Crippen molar-refractivity contribution in [3.63, 3.8) is 0 Å². The van der Waals surface area contributed by atoms with E-state index in [0.717, 1.165) is 25.4 Å². The Morgan fingerprint density at radius 2 is 2.21 bits per heavy atom. The fourth-order valence-corrected chi connectivity index (χ4v) is 2.53. The summed E-state index contributed by atoms with van der Waals surface area (Å²) in [5.41, 5.74) is 1.20. The number of methoxy groups -OCH3 is 1. The molecule has 1 heterocycles. The van der Waals surface area contributed by atoms with Gasteiger partial charge < -0.3 is 9.64 Å². The van der Waals surface area contributed by atoms with E-state index in [9.17, 15) is 4.79 Å². The summed E-state index contributed by atoms with van der Waals surface area (Å²) in [6.07, 6.45) is 0.578. The summed E-state index contributed by atoms with van der Waals surface area (Å²) in [6.45, 7) is 4.41. The van der Waals surface area contributed by atoms with Gasteiger partial charge in [-0.05, 0) is 24.7 Å². The number of carbonyl (C=O) groups excluding carboxylic acids is 1. The van der Waals surface area contributed by atoms with Gasteiger partial charge in [-0.15, -0.1) is 0 Å². The first-order chi connectivity index (χ1) is 9.15. The molecule has 4 nitrogen and oxygen atoms in total. The summed E-state index contributed by atoms with van der Waals surface area (Å²) in [4.78, 5) is 16.1. The maximum atomic E-state index is 11.9. The number of nitrogens with zero attached hydrogens (tertiary/aromatic N) is 2. The molecule has 2 rings (SSSR count). The molecule has 1 aliphatic rings. The molecule has 0 aromatic heterocycles. The molecule has 1 saturated heterocycles. The molecule has 1 atom stereocenters. The molecule has 1 aromatic rings. The molecule has 0 spiro atoms. The Morgan fingerprint density at radius 1 is 1.42 bits per heavy atom. The molecule has 1 fully saturated rings. The number of rotatable bonds is 3. The summed E-state index contributed by atoms with van der Waals surface area (Å²) in [5.74, 6) is 1.10. The molecule has 0 bridgehead atoms. The van der Waals surface area contributed by atoms with Crippen molar-refractivity contribution in [3.05, 3.63) is 29.8 Å². The number of hydrogen-bond donors (Lipinski definition) is 0. The van der Waals surface area contributed by atoms with Crippen LogP contribution in [0.5, 0.6) is 5.75 Å². The van der Waals surface area contributed by atoms with Crippen LogP contribution in [0.25, 0.3) is 0 Å². The maximum Gasteiger partial charge on any atom is 0.222 e. The first-order valence-electron chi connectivity index (χ1n) is 6.77. The van der Waals surface area contributed by atoms with Crippen LogP contribution in [-0.2, 0) is 4.79 Å². The fraction of sp³-hybridized carbons (Fsp3) is 0.533. The van der Waals surface area contributed by atoms with Gasteiger partial charge in [0, 0.05) is 26.1 Å². The van der Waals surface area contributed by atoms with E-state index < -0.39 is 0 Å². The van der Waals surface area contributed by atoms with Gasteiger partial charge in [-0.3, -0.25) is 9.69 Å². The van der Waals surface area contributed by atoms with E-state index in [0.29, 0.717) is 6.42 Å². The first kappa shape index (κ1) is 13.9. The summed E-state index contributed by atoms with van der Waals surface area (Å²) >= 11 is 0. The van der Waals surface area contributed by atoms with Gasteiger partial charge in [0.05, 0.1) is 13.2 Å². The standard InChI is InChI=1S/C15H22N2O2/c1-4-15(18)17-9-8-16(2)14(11-17)12-6-5-7-13(10-12)19-3/h5-7,10,14H,4,8-9,11H2,1-3H3. The number of piperazine rings is 1. The zero-order chi connectivity index (χ0) is 13.8. The van der Waals surface area contributed by atoms with Gasteiger partial charge >= 0.3 is 0 Å². The Morgan fingerprint density at radius 3 is 2.89 bits per heavy atom. The van der Waals surface area contributed by atoms with Gasteiger partial charge in [0.1, 0.15) is 5.75 Å². The van der Waals surface area contributed by atoms with Crippen LogP contribution < -0.4 is 4.74 Å². The average Bonchev–Trinajstić information content (AvgIpc) is 2.47. The van der Waals surface area contributed by atoms with Crippen LogP contribution in [-0.4, -0.2) is 49.5 Å². The zero-order valence-corrected chi connectivity index (χ0v) is 11.9. The Balaban J connectivity index is 2.18. The van der Waals surface area contributed by atoms with Crippen LogP contribution in [0.1, 0.15) is 24.9 Å². The predicted molar refractivity (Wildman–Crippen MR) is 75.2 cm³/mol. The lowest BCUT2D eigenvalue weighted by Crippen LogP contribution is -2.48. The molecule has 0 radical (unpaired) electrons. The van der Waals surface area contributed by atoms with Crippen LogP contribution in [0.3, 0.4) is 0 Å². The molecular weight excluding hydrogens is 240 g/mol. The first-order valence-corrected chi connectivity index (χ1v) is 6.77. The summed E-state index contributed by atoms with van der Waals surface area (Å²) in [7, 11) is 3.79. The van der Waals surface area contributed by atoms with Crippen LogP contribution in [0, 0.1) is 0 Å². The molecule has 4 heteroatoms. The van der Waals surface area contributed by atoms with Gasteiger partial charge in [0.2, 0.25) is 5.91 Å². The molecule has 0 N–H and O–H groups in total. The highest BCUT2D eigenvalue weighted by Gasteiger charge is 2.27. The molecule has 1 unspecified atom stereocenters. The number of carbonyl (C=O) groups is 1. The lowest BCUT2D eigenvalue weighted by atomic mass is 10.0. The Bertz CT molecular complexity index is 448. The normalized spacial score (nSPS) is 20.4. The summed E-state index contributed by atoms with van der Waals surface area (Å²) in [6, 6.07) is 8.36. The quantitative estimate of drug-likeness (QED) is 0.834. The number of benzene rings is 1. The Labute approximate surface area is 115 Å². The lowest BCUT2D eigenvalue weighted by molar-refractivity contribution is -0.133. The van der Waals surface area contributed by atoms with Crippen molar-refractivity contribution in [2.45, 2.75) is 19.4 Å². The van der Waals surface area contributed by atoms with E-state index in [1.54, 1.807) is 7.11 Å². The van der Waals surface area contributed by atoms with Gasteiger partial charge in [0.15, 0.2) is 0 Å². The second-order valence-electron chi connectivity index (χ2n) is 4.97. The molecule has 1 aliphatic heterocycles. The second kappa shape index (κ2) is 6.06. The monoisotopic (exact) mass is 262 g/mol. The van der Waals surface area contributed by atoms with Crippen LogP contribution in [0.4, 0.5) is 0 Å². The van der Waals surface area contributed by atoms with E-state index in [2.05, 4.69) is 24.1 Å². The van der Waals surface area contributed by atoms with Gasteiger partial charge in [-0.2, -0.15) is 0 Å². The maximum absolute atomic E-state index is 11.9. The Hall–Kier alpha value is -1.55. The van der Waals surface area contributed by atoms with Crippen molar-refractivity contribution in [1.82, 2.24) is 9.80 Å². The van der Waals surface area contributed by atoms with E-state index in [1.165, 1.54) is 5.56 Å². The minimum Gasteiger partial charge on any atom is -0.497 e. The molecule has 0 aliphatic carbocycles. The highest BCUT2D eigenvalue weighted by molar-refractivity contribution is 5.76. The molecular formula is C15H22N2O2. The third kappa shape index (κ3) is 3.07. The highest BCUT2D eigenvalue weighted by Crippen LogP contribution is 2.26. The number of likely N-dealkylation sites (N-methyl/N-ethyl adjacent to an activating group) is 1. The van der Waals surface area contributed by atoms with Crippen molar-refractivity contribution < 1.29 is 9.53 Å². The highest BCUT2D eigenvalue weighted by atomic mass is 16.5. The third-order valence-electron chi connectivity index (χ3n) is 3.78. The van der Waals surface area contributed by atoms with Crippen molar-refractivity contribution in [2.75, 3.05) is 33.8 Å². The van der Waals surface area contributed by atoms with Gasteiger partial charge in [0.25, 0.3) is 0 Å². The van der Waals surface area contributed by atoms with Crippen LogP contribution in [0.15, 0.2) is 24.3 Å². The summed E-state index contributed by atoms with van der Waals surface area (Å²) in [5, 5.41) is 0. The average molecular weight is 262 g/mol. The SMILES string of the molecule is CCC(=O)N1CCN(C)C(c2cccc(OC)c2)C1. The van der Waals surface area contributed by atoms with E-state index >= 15 is 0 Å². The number of hydrogen-bond acceptors (Lipinski definition) is 3. The van der Waals surface area contributed by atoms with Crippen molar-refractivity contribution in [2.24, 2.45) is 0 Å². The van der Waals surface area contributed by atoms with E-state index in [4.69, 9.17) is 4.74 Å². The molecule has 0 saturated carbocycles.